The number of amides is 1. The highest BCUT2D eigenvalue weighted by Crippen LogP contribution is 2.21. The topological polar surface area (TPSA) is 66.8 Å². The SMILES string of the molecule is CCOC1=NCc2cc(CC(=O)NC3CCN(CC(F)(F)F)C3)ncc21. The lowest BCUT2D eigenvalue weighted by atomic mass is 10.1. The van der Waals surface area contributed by atoms with E-state index in [2.05, 4.69) is 15.3 Å². The molecule has 1 amide bonds. The van der Waals surface area contributed by atoms with Crippen LogP contribution in [0.1, 0.15) is 30.2 Å². The Hall–Kier alpha value is -2.16. The molecule has 1 fully saturated rings. The Morgan fingerprint density at radius 1 is 1.46 bits per heavy atom. The van der Waals surface area contributed by atoms with E-state index in [1.54, 1.807) is 6.20 Å². The molecule has 9 heteroatoms. The first kappa shape index (κ1) is 18.6. The van der Waals surface area contributed by atoms with Gasteiger partial charge in [-0.05, 0) is 25.0 Å². The molecule has 1 aromatic heterocycles. The van der Waals surface area contributed by atoms with Crippen molar-refractivity contribution in [1.29, 1.82) is 0 Å². The highest BCUT2D eigenvalue weighted by atomic mass is 19.4. The summed E-state index contributed by atoms with van der Waals surface area (Å²) < 4.78 is 42.7. The van der Waals surface area contributed by atoms with Gasteiger partial charge in [0.05, 0.1) is 37.4 Å². The number of carbonyl (C=O) groups is 1. The lowest BCUT2D eigenvalue weighted by Crippen LogP contribution is -2.39. The fraction of sp³-hybridized carbons (Fsp3) is 0.588. The van der Waals surface area contributed by atoms with Crippen molar-refractivity contribution in [3.8, 4) is 0 Å². The predicted molar refractivity (Wildman–Crippen MR) is 88.9 cm³/mol. The van der Waals surface area contributed by atoms with Gasteiger partial charge in [0.1, 0.15) is 0 Å². The predicted octanol–water partition coefficient (Wildman–Crippen LogP) is 1.67. The Balaban J connectivity index is 1.51. The zero-order valence-electron chi connectivity index (χ0n) is 14.5. The minimum Gasteiger partial charge on any atom is -0.478 e. The number of hydrogen-bond donors (Lipinski definition) is 1. The first-order valence-corrected chi connectivity index (χ1v) is 8.58. The van der Waals surface area contributed by atoms with Gasteiger partial charge in [0.2, 0.25) is 11.8 Å². The molecule has 26 heavy (non-hydrogen) atoms. The number of nitrogens with zero attached hydrogens (tertiary/aromatic N) is 3. The number of likely N-dealkylation sites (tertiary alicyclic amines) is 1. The van der Waals surface area contributed by atoms with Crippen LogP contribution in [0.2, 0.25) is 0 Å². The number of rotatable bonds is 5. The Kier molecular flexibility index (Phi) is 5.45. The van der Waals surface area contributed by atoms with Crippen LogP contribution in [0.3, 0.4) is 0 Å². The molecule has 0 radical (unpaired) electrons. The maximum absolute atomic E-state index is 12.4. The van der Waals surface area contributed by atoms with Gasteiger partial charge in [0.25, 0.3) is 0 Å². The molecule has 2 aliphatic rings. The molecule has 0 aromatic carbocycles. The number of halogens is 3. The summed E-state index contributed by atoms with van der Waals surface area (Å²) >= 11 is 0. The Morgan fingerprint density at radius 2 is 2.27 bits per heavy atom. The lowest BCUT2D eigenvalue weighted by Gasteiger charge is -2.18. The molecular weight excluding hydrogens is 349 g/mol. The second-order valence-electron chi connectivity index (χ2n) is 6.47. The van der Waals surface area contributed by atoms with Gasteiger partial charge in [0, 0.05) is 25.3 Å². The fourth-order valence-electron chi connectivity index (χ4n) is 3.26. The van der Waals surface area contributed by atoms with E-state index in [4.69, 9.17) is 4.74 Å². The molecule has 1 N–H and O–H groups in total. The van der Waals surface area contributed by atoms with Crippen LogP contribution in [0.15, 0.2) is 17.3 Å². The summed E-state index contributed by atoms with van der Waals surface area (Å²) in [5, 5.41) is 2.80. The summed E-state index contributed by atoms with van der Waals surface area (Å²) in [7, 11) is 0. The third-order valence-corrected chi connectivity index (χ3v) is 4.33. The van der Waals surface area contributed by atoms with Crippen molar-refractivity contribution < 1.29 is 22.7 Å². The van der Waals surface area contributed by atoms with Crippen molar-refractivity contribution in [2.75, 3.05) is 26.2 Å². The highest BCUT2D eigenvalue weighted by Gasteiger charge is 2.34. The van der Waals surface area contributed by atoms with Gasteiger partial charge in [-0.25, -0.2) is 4.99 Å². The minimum atomic E-state index is -4.21. The Morgan fingerprint density at radius 3 is 3.00 bits per heavy atom. The molecule has 1 saturated heterocycles. The Labute approximate surface area is 149 Å². The van der Waals surface area contributed by atoms with Crippen LogP contribution in [-0.2, 0) is 22.5 Å². The zero-order valence-corrected chi connectivity index (χ0v) is 14.5. The van der Waals surface area contributed by atoms with E-state index in [-0.39, 0.29) is 24.9 Å². The van der Waals surface area contributed by atoms with Crippen molar-refractivity contribution >= 4 is 11.8 Å². The first-order chi connectivity index (χ1) is 12.3. The quantitative estimate of drug-likeness (QED) is 0.856. The molecule has 6 nitrogen and oxygen atoms in total. The van der Waals surface area contributed by atoms with Gasteiger partial charge in [-0.3, -0.25) is 14.7 Å². The summed E-state index contributed by atoms with van der Waals surface area (Å²) in [6, 6.07) is 1.57. The average Bonchev–Trinajstić information content (AvgIpc) is 3.13. The molecule has 1 atom stereocenters. The summed E-state index contributed by atoms with van der Waals surface area (Å²) in [6.45, 7) is 2.51. The zero-order chi connectivity index (χ0) is 18.7. The van der Waals surface area contributed by atoms with Gasteiger partial charge >= 0.3 is 6.18 Å². The van der Waals surface area contributed by atoms with E-state index in [9.17, 15) is 18.0 Å². The summed E-state index contributed by atoms with van der Waals surface area (Å²) in [4.78, 5) is 22.1. The molecule has 0 aliphatic carbocycles. The Bertz CT molecular complexity index is 706. The van der Waals surface area contributed by atoms with E-state index >= 15 is 0 Å². The lowest BCUT2D eigenvalue weighted by molar-refractivity contribution is -0.143. The molecule has 3 rings (SSSR count). The molecule has 142 valence electrons. The number of aliphatic imine (C=N–C) groups is 1. The number of aromatic nitrogens is 1. The molecule has 0 saturated carbocycles. The van der Waals surface area contributed by atoms with Crippen molar-refractivity contribution in [1.82, 2.24) is 15.2 Å². The van der Waals surface area contributed by atoms with Gasteiger partial charge < -0.3 is 10.1 Å². The molecule has 1 unspecified atom stereocenters. The number of nitrogens with one attached hydrogen (secondary N) is 1. The molecule has 1 aromatic rings. The number of ether oxygens (including phenoxy) is 1. The van der Waals surface area contributed by atoms with E-state index in [1.165, 1.54) is 4.90 Å². The van der Waals surface area contributed by atoms with Gasteiger partial charge in [-0.1, -0.05) is 0 Å². The fourth-order valence-corrected chi connectivity index (χ4v) is 3.26. The van der Waals surface area contributed by atoms with Gasteiger partial charge in [0.15, 0.2) is 0 Å². The minimum absolute atomic E-state index is 0.0903. The van der Waals surface area contributed by atoms with Crippen molar-refractivity contribution in [3.05, 3.63) is 29.1 Å². The van der Waals surface area contributed by atoms with Crippen molar-refractivity contribution in [3.63, 3.8) is 0 Å². The molecule has 3 heterocycles. The maximum atomic E-state index is 12.4. The van der Waals surface area contributed by atoms with Crippen LogP contribution < -0.4 is 5.32 Å². The van der Waals surface area contributed by atoms with Crippen LogP contribution >= 0.6 is 0 Å². The first-order valence-electron chi connectivity index (χ1n) is 8.58. The van der Waals surface area contributed by atoms with E-state index in [0.717, 1.165) is 11.1 Å². The number of alkyl halides is 3. The van der Waals surface area contributed by atoms with Crippen LogP contribution in [0.25, 0.3) is 0 Å². The van der Waals surface area contributed by atoms with Crippen LogP contribution in [0.5, 0.6) is 0 Å². The van der Waals surface area contributed by atoms with Gasteiger partial charge in [-0.2, -0.15) is 13.2 Å². The largest absolute Gasteiger partial charge is 0.478 e. The third kappa shape index (κ3) is 4.72. The second kappa shape index (κ2) is 7.61. The summed E-state index contributed by atoms with van der Waals surface area (Å²) in [5.74, 6) is 0.335. The number of hydrogen-bond acceptors (Lipinski definition) is 5. The van der Waals surface area contributed by atoms with Crippen LogP contribution in [-0.4, -0.2) is 60.1 Å². The molecule has 2 aliphatic heterocycles. The third-order valence-electron chi connectivity index (χ3n) is 4.33. The second-order valence-corrected chi connectivity index (χ2v) is 6.47. The summed E-state index contributed by atoms with van der Waals surface area (Å²) in [6.07, 6.45) is -1.95. The van der Waals surface area contributed by atoms with Crippen LogP contribution in [0, 0.1) is 0 Å². The number of fused-ring (bicyclic) bond motifs is 1. The number of carbonyl (C=O) groups excluding carboxylic acids is 1. The molecule has 0 bridgehead atoms. The smallest absolute Gasteiger partial charge is 0.401 e. The monoisotopic (exact) mass is 370 g/mol. The molecular formula is C17H21F3N4O2. The van der Waals surface area contributed by atoms with E-state index in [0.29, 0.717) is 37.7 Å². The normalized spacial score (nSPS) is 20.0. The average molecular weight is 370 g/mol. The van der Waals surface area contributed by atoms with E-state index in [1.807, 2.05) is 13.0 Å². The molecule has 0 spiro atoms. The maximum Gasteiger partial charge on any atom is 0.401 e. The van der Waals surface area contributed by atoms with Gasteiger partial charge in [-0.15, -0.1) is 0 Å². The van der Waals surface area contributed by atoms with Crippen LogP contribution in [0.4, 0.5) is 13.2 Å². The van der Waals surface area contributed by atoms with Crippen molar-refractivity contribution in [2.24, 2.45) is 4.99 Å². The standard InChI is InChI=1S/C17H21F3N4O2/c1-2-26-16-14-8-21-13(5-11(14)7-22-16)6-15(25)23-12-3-4-24(9-12)10-17(18,19)20/h5,8,12H,2-4,6-7,9-10H2,1H3,(H,23,25). The van der Waals surface area contributed by atoms with Crippen molar-refractivity contribution in [2.45, 2.75) is 38.5 Å². The number of pyridine rings is 1. The summed E-state index contributed by atoms with van der Waals surface area (Å²) in [5.41, 5.74) is 2.41. The van der Waals surface area contributed by atoms with E-state index < -0.39 is 12.7 Å². The highest BCUT2D eigenvalue weighted by molar-refractivity contribution is 5.97.